The van der Waals surface area contributed by atoms with Gasteiger partial charge in [0.2, 0.25) is 0 Å². The number of carbonyl (C=O) groups is 2. The van der Waals surface area contributed by atoms with Crippen LogP contribution >= 0.6 is 0 Å². The summed E-state index contributed by atoms with van der Waals surface area (Å²) in [6.45, 7) is 2.36. The normalized spacial score (nSPS) is 22.6. The van der Waals surface area contributed by atoms with Crippen LogP contribution in [0.15, 0.2) is 16.9 Å². The monoisotopic (exact) mass is 279 g/mol. The van der Waals surface area contributed by atoms with Gasteiger partial charge in [-0.25, -0.2) is 9.48 Å². The van der Waals surface area contributed by atoms with Crippen LogP contribution in [0.25, 0.3) is 0 Å². The third-order valence-electron chi connectivity index (χ3n) is 3.59. The predicted octanol–water partition coefficient (Wildman–Crippen LogP) is 0.106. The number of piperidine rings is 1. The third kappa shape index (κ3) is 2.71. The highest BCUT2D eigenvalue weighted by Gasteiger charge is 2.35. The molecule has 7 heteroatoms. The highest BCUT2D eigenvalue weighted by Crippen LogP contribution is 2.23. The summed E-state index contributed by atoms with van der Waals surface area (Å²) in [6, 6.07) is 1.76. The first-order chi connectivity index (χ1) is 9.40. The number of aromatic nitrogens is 2. The van der Waals surface area contributed by atoms with Crippen molar-refractivity contribution in [2.24, 2.45) is 13.0 Å². The minimum atomic E-state index is -1.00. The Kier molecular flexibility index (Phi) is 3.87. The largest absolute Gasteiger partial charge is 0.480 e. The maximum atomic E-state index is 12.4. The summed E-state index contributed by atoms with van der Waals surface area (Å²) in [5.41, 5.74) is -0.225. The van der Waals surface area contributed by atoms with Crippen LogP contribution in [-0.2, 0) is 11.8 Å². The van der Waals surface area contributed by atoms with Gasteiger partial charge in [-0.05, 0) is 24.8 Å². The lowest BCUT2D eigenvalue weighted by Gasteiger charge is -2.35. The first kappa shape index (κ1) is 14.2. The molecule has 1 aliphatic rings. The number of hydrogen-bond donors (Lipinski definition) is 1. The number of amides is 1. The molecule has 1 aromatic rings. The van der Waals surface area contributed by atoms with Gasteiger partial charge in [0.05, 0.1) is 0 Å². The molecule has 1 aromatic heterocycles. The van der Waals surface area contributed by atoms with E-state index in [4.69, 9.17) is 0 Å². The molecule has 2 rings (SSSR count). The summed E-state index contributed by atoms with van der Waals surface area (Å²) in [7, 11) is 1.45. The zero-order valence-corrected chi connectivity index (χ0v) is 11.4. The molecule has 0 spiro atoms. The number of aliphatic carboxylic acids is 1. The molecule has 0 aliphatic carbocycles. The summed E-state index contributed by atoms with van der Waals surface area (Å²) in [6.07, 6.45) is 1.20. The Balaban J connectivity index is 2.28. The van der Waals surface area contributed by atoms with Crippen LogP contribution in [-0.4, -0.2) is 44.3 Å². The van der Waals surface area contributed by atoms with Gasteiger partial charge in [-0.3, -0.25) is 9.59 Å². The van der Waals surface area contributed by atoms with Gasteiger partial charge in [-0.15, -0.1) is 0 Å². The van der Waals surface area contributed by atoms with Crippen molar-refractivity contribution in [2.45, 2.75) is 25.8 Å². The Bertz CT molecular complexity index is 596. The van der Waals surface area contributed by atoms with Crippen molar-refractivity contribution in [2.75, 3.05) is 6.54 Å². The van der Waals surface area contributed by atoms with Gasteiger partial charge in [0.25, 0.3) is 11.5 Å². The molecule has 1 saturated heterocycles. The van der Waals surface area contributed by atoms with Gasteiger partial charge < -0.3 is 10.0 Å². The molecule has 2 heterocycles. The molecule has 1 aliphatic heterocycles. The van der Waals surface area contributed by atoms with E-state index in [9.17, 15) is 19.5 Å². The van der Waals surface area contributed by atoms with Crippen LogP contribution in [0.5, 0.6) is 0 Å². The van der Waals surface area contributed by atoms with E-state index in [0.29, 0.717) is 13.0 Å². The third-order valence-corrected chi connectivity index (χ3v) is 3.59. The number of carbonyl (C=O) groups excluding carboxylic acids is 1. The van der Waals surface area contributed by atoms with Gasteiger partial charge >= 0.3 is 5.97 Å². The molecule has 0 saturated carbocycles. The van der Waals surface area contributed by atoms with Crippen molar-refractivity contribution in [3.8, 4) is 0 Å². The summed E-state index contributed by atoms with van der Waals surface area (Å²) < 4.78 is 1.07. The molecular formula is C13H17N3O4. The fourth-order valence-electron chi connectivity index (χ4n) is 2.38. The molecule has 2 atom stereocenters. The molecule has 1 fully saturated rings. The first-order valence-corrected chi connectivity index (χ1v) is 6.48. The number of carboxylic acid groups (broad SMARTS) is 1. The van der Waals surface area contributed by atoms with Crippen molar-refractivity contribution >= 4 is 11.9 Å². The number of rotatable bonds is 2. The topological polar surface area (TPSA) is 92.5 Å². The van der Waals surface area contributed by atoms with Crippen molar-refractivity contribution < 1.29 is 14.7 Å². The number of hydrogen-bond acceptors (Lipinski definition) is 4. The number of carboxylic acids is 1. The smallest absolute Gasteiger partial charge is 0.326 e. The van der Waals surface area contributed by atoms with Crippen LogP contribution in [0.3, 0.4) is 0 Å². The predicted molar refractivity (Wildman–Crippen MR) is 70.3 cm³/mol. The summed E-state index contributed by atoms with van der Waals surface area (Å²) in [4.78, 5) is 36.3. The Labute approximate surface area is 115 Å². The zero-order chi connectivity index (χ0) is 14.9. The van der Waals surface area contributed by atoms with Gasteiger partial charge in [-0.1, -0.05) is 6.92 Å². The Hall–Kier alpha value is -2.18. The van der Waals surface area contributed by atoms with Crippen LogP contribution in [0, 0.1) is 5.92 Å². The fraction of sp³-hybridized carbons (Fsp3) is 0.538. The molecule has 108 valence electrons. The molecular weight excluding hydrogens is 262 g/mol. The van der Waals surface area contributed by atoms with E-state index in [-0.39, 0.29) is 17.2 Å². The summed E-state index contributed by atoms with van der Waals surface area (Å²) >= 11 is 0. The van der Waals surface area contributed by atoms with Gasteiger partial charge in [0, 0.05) is 19.7 Å². The number of likely N-dealkylation sites (tertiary alicyclic amines) is 1. The summed E-state index contributed by atoms with van der Waals surface area (Å²) in [5.74, 6) is -1.18. The summed E-state index contributed by atoms with van der Waals surface area (Å²) in [5, 5.41) is 13.1. The second-order valence-electron chi connectivity index (χ2n) is 5.16. The lowest BCUT2D eigenvalue weighted by molar-refractivity contribution is -0.144. The Morgan fingerprint density at radius 3 is 2.70 bits per heavy atom. The molecule has 0 radical (unpaired) electrons. The van der Waals surface area contributed by atoms with E-state index >= 15 is 0 Å². The maximum absolute atomic E-state index is 12.4. The van der Waals surface area contributed by atoms with E-state index < -0.39 is 17.9 Å². The molecule has 1 N–H and O–H groups in total. The molecule has 2 unspecified atom stereocenters. The molecule has 1 amide bonds. The molecule has 20 heavy (non-hydrogen) atoms. The van der Waals surface area contributed by atoms with E-state index in [2.05, 4.69) is 5.10 Å². The molecule has 7 nitrogen and oxygen atoms in total. The SMILES string of the molecule is CC1CCN(C(=O)c2ccc(=O)n(C)n2)C(C(=O)O)C1. The lowest BCUT2D eigenvalue weighted by atomic mass is 9.92. The van der Waals surface area contributed by atoms with Gasteiger partial charge in [0.1, 0.15) is 11.7 Å². The first-order valence-electron chi connectivity index (χ1n) is 6.48. The zero-order valence-electron chi connectivity index (χ0n) is 11.4. The minimum Gasteiger partial charge on any atom is -0.480 e. The van der Waals surface area contributed by atoms with Crippen molar-refractivity contribution in [3.63, 3.8) is 0 Å². The van der Waals surface area contributed by atoms with Crippen LogP contribution in [0.4, 0.5) is 0 Å². The lowest BCUT2D eigenvalue weighted by Crippen LogP contribution is -2.50. The van der Waals surface area contributed by atoms with Gasteiger partial charge in [-0.2, -0.15) is 5.10 Å². The van der Waals surface area contributed by atoms with Crippen LogP contribution in [0.2, 0.25) is 0 Å². The average molecular weight is 279 g/mol. The Morgan fingerprint density at radius 2 is 2.10 bits per heavy atom. The van der Waals surface area contributed by atoms with Crippen LogP contribution < -0.4 is 5.56 Å². The van der Waals surface area contributed by atoms with E-state index in [1.165, 1.54) is 24.1 Å². The highest BCUT2D eigenvalue weighted by molar-refractivity contribution is 5.95. The van der Waals surface area contributed by atoms with Crippen molar-refractivity contribution in [3.05, 3.63) is 28.2 Å². The Morgan fingerprint density at radius 1 is 1.40 bits per heavy atom. The molecule has 0 bridgehead atoms. The minimum absolute atomic E-state index is 0.0907. The van der Waals surface area contributed by atoms with Gasteiger partial charge in [0.15, 0.2) is 0 Å². The quantitative estimate of drug-likeness (QED) is 0.829. The number of aryl methyl sites for hydroxylation is 1. The number of nitrogens with zero attached hydrogens (tertiary/aromatic N) is 3. The van der Waals surface area contributed by atoms with E-state index in [0.717, 1.165) is 11.1 Å². The average Bonchev–Trinajstić information content (AvgIpc) is 2.41. The van der Waals surface area contributed by atoms with Crippen molar-refractivity contribution in [1.29, 1.82) is 0 Å². The van der Waals surface area contributed by atoms with E-state index in [1.54, 1.807) is 0 Å². The fourth-order valence-corrected chi connectivity index (χ4v) is 2.38. The standard InChI is InChI=1S/C13H17N3O4/c1-8-5-6-16(10(7-8)13(19)20)12(18)9-3-4-11(17)15(2)14-9/h3-4,8,10H,5-7H2,1-2H3,(H,19,20). The van der Waals surface area contributed by atoms with E-state index in [1.807, 2.05) is 6.92 Å². The molecule has 0 aromatic carbocycles. The maximum Gasteiger partial charge on any atom is 0.326 e. The van der Waals surface area contributed by atoms with Crippen molar-refractivity contribution in [1.82, 2.24) is 14.7 Å². The second-order valence-corrected chi connectivity index (χ2v) is 5.16. The second kappa shape index (κ2) is 5.44. The highest BCUT2D eigenvalue weighted by atomic mass is 16.4. The van der Waals surface area contributed by atoms with Crippen LogP contribution in [0.1, 0.15) is 30.3 Å².